The summed E-state index contributed by atoms with van der Waals surface area (Å²) in [6.45, 7) is 5.66. The van der Waals surface area contributed by atoms with Crippen molar-refractivity contribution in [3.8, 4) is 0 Å². The highest BCUT2D eigenvalue weighted by Crippen LogP contribution is 2.21. The summed E-state index contributed by atoms with van der Waals surface area (Å²) < 4.78 is 0. The Hall–Kier alpha value is -2.89. The smallest absolute Gasteiger partial charge is 0.288 e. The molecule has 1 aliphatic heterocycles. The van der Waals surface area contributed by atoms with Crippen molar-refractivity contribution in [1.82, 2.24) is 4.98 Å². The van der Waals surface area contributed by atoms with E-state index in [0.29, 0.717) is 5.69 Å². The second-order valence-corrected chi connectivity index (χ2v) is 5.77. The van der Waals surface area contributed by atoms with Gasteiger partial charge in [-0.15, -0.1) is 0 Å². The van der Waals surface area contributed by atoms with Gasteiger partial charge < -0.3 is 15.1 Å². The number of pyridine rings is 1. The highest BCUT2D eigenvalue weighted by atomic mass is 16.2. The van der Waals surface area contributed by atoms with Gasteiger partial charge in [0, 0.05) is 43.2 Å². The van der Waals surface area contributed by atoms with Gasteiger partial charge in [0.1, 0.15) is 5.82 Å². The molecule has 124 valence electrons. The van der Waals surface area contributed by atoms with Crippen LogP contribution in [-0.4, -0.2) is 43.4 Å². The van der Waals surface area contributed by atoms with Gasteiger partial charge in [0.25, 0.3) is 5.91 Å². The lowest BCUT2D eigenvalue weighted by molar-refractivity contribution is -0.127. The van der Waals surface area contributed by atoms with E-state index in [4.69, 9.17) is 0 Å². The van der Waals surface area contributed by atoms with Gasteiger partial charge in [-0.1, -0.05) is 6.07 Å². The lowest BCUT2D eigenvalue weighted by atomic mass is 10.2. The number of amides is 1. The van der Waals surface area contributed by atoms with Crippen LogP contribution < -0.4 is 15.1 Å². The van der Waals surface area contributed by atoms with Crippen molar-refractivity contribution in [3.63, 3.8) is 0 Å². The van der Waals surface area contributed by atoms with Gasteiger partial charge >= 0.3 is 0 Å². The summed E-state index contributed by atoms with van der Waals surface area (Å²) in [6.07, 6.45) is 0.270. The Morgan fingerprint density at radius 3 is 2.33 bits per heavy atom. The molecule has 2 aromatic rings. The highest BCUT2D eigenvalue weighted by Gasteiger charge is 2.18. The van der Waals surface area contributed by atoms with Crippen LogP contribution in [0.3, 0.4) is 0 Å². The standard InChI is InChI=1S/C18H20N4O2/c1-14-3-2-4-17(19-14)22-11-9-21(10-12-22)16-7-5-15(6-8-16)20-18(24)13-23/h2-8,13H,9-12H2,1H3,(H,20,24). The third kappa shape index (κ3) is 3.71. The number of hydrogen-bond donors (Lipinski definition) is 1. The Morgan fingerprint density at radius 2 is 1.71 bits per heavy atom. The first-order chi connectivity index (χ1) is 11.7. The number of hydrogen-bond acceptors (Lipinski definition) is 5. The number of aromatic nitrogens is 1. The van der Waals surface area contributed by atoms with Crippen molar-refractivity contribution in [2.75, 3.05) is 41.3 Å². The molecule has 24 heavy (non-hydrogen) atoms. The number of anilines is 3. The van der Waals surface area contributed by atoms with Gasteiger partial charge in [-0.3, -0.25) is 9.59 Å². The first kappa shape index (κ1) is 16.0. The molecule has 1 aromatic carbocycles. The van der Waals surface area contributed by atoms with Crippen molar-refractivity contribution >= 4 is 29.4 Å². The van der Waals surface area contributed by atoms with Crippen LogP contribution in [0.4, 0.5) is 17.2 Å². The van der Waals surface area contributed by atoms with Gasteiger partial charge in [0.2, 0.25) is 6.29 Å². The van der Waals surface area contributed by atoms with Crippen LogP contribution >= 0.6 is 0 Å². The van der Waals surface area contributed by atoms with E-state index in [-0.39, 0.29) is 6.29 Å². The molecule has 3 rings (SSSR count). The normalized spacial score (nSPS) is 14.4. The molecule has 0 atom stereocenters. The fraction of sp³-hybridized carbons (Fsp3) is 0.278. The van der Waals surface area contributed by atoms with Gasteiger partial charge in [-0.2, -0.15) is 0 Å². The maximum absolute atomic E-state index is 11.1. The van der Waals surface area contributed by atoms with E-state index in [1.165, 1.54) is 0 Å². The van der Waals surface area contributed by atoms with Crippen molar-refractivity contribution < 1.29 is 9.59 Å². The molecule has 0 aliphatic carbocycles. The van der Waals surface area contributed by atoms with Crippen LogP contribution in [0.1, 0.15) is 5.69 Å². The molecule has 6 nitrogen and oxygen atoms in total. The molecule has 0 bridgehead atoms. The van der Waals surface area contributed by atoms with Crippen molar-refractivity contribution in [2.45, 2.75) is 6.92 Å². The number of carbonyl (C=O) groups is 2. The molecular formula is C18H20N4O2. The SMILES string of the molecule is Cc1cccc(N2CCN(c3ccc(NC(=O)C=O)cc3)CC2)n1. The molecule has 1 saturated heterocycles. The van der Waals surface area contributed by atoms with Gasteiger partial charge in [0.05, 0.1) is 0 Å². The Bertz CT molecular complexity index is 722. The lowest BCUT2D eigenvalue weighted by Crippen LogP contribution is -2.46. The fourth-order valence-electron chi connectivity index (χ4n) is 2.83. The summed E-state index contributed by atoms with van der Waals surface area (Å²) in [5.74, 6) is 0.392. The van der Waals surface area contributed by atoms with Crippen molar-refractivity contribution in [3.05, 3.63) is 48.2 Å². The largest absolute Gasteiger partial charge is 0.368 e. The fourth-order valence-corrected chi connectivity index (χ4v) is 2.83. The predicted octanol–water partition coefficient (Wildman–Crippen LogP) is 1.85. The summed E-state index contributed by atoms with van der Waals surface area (Å²) >= 11 is 0. The topological polar surface area (TPSA) is 65.5 Å². The second-order valence-electron chi connectivity index (χ2n) is 5.77. The molecule has 1 fully saturated rings. The van der Waals surface area contributed by atoms with E-state index >= 15 is 0 Å². The Kier molecular flexibility index (Phi) is 4.74. The van der Waals surface area contributed by atoms with Crippen molar-refractivity contribution in [1.29, 1.82) is 0 Å². The first-order valence-corrected chi connectivity index (χ1v) is 7.95. The van der Waals surface area contributed by atoms with E-state index in [2.05, 4.69) is 20.1 Å². The molecule has 6 heteroatoms. The molecule has 1 aliphatic rings. The predicted molar refractivity (Wildman–Crippen MR) is 94.5 cm³/mol. The summed E-state index contributed by atoms with van der Waals surface area (Å²) in [4.78, 5) is 30.6. The lowest BCUT2D eigenvalue weighted by Gasteiger charge is -2.36. The molecule has 0 unspecified atom stereocenters. The molecule has 1 amide bonds. The molecule has 1 N–H and O–H groups in total. The number of piperazine rings is 1. The third-order valence-corrected chi connectivity index (χ3v) is 4.08. The minimum absolute atomic E-state index is 0.270. The molecule has 0 radical (unpaired) electrons. The summed E-state index contributed by atoms with van der Waals surface area (Å²) in [6, 6.07) is 13.6. The van der Waals surface area contributed by atoms with Crippen LogP contribution in [-0.2, 0) is 9.59 Å². The van der Waals surface area contributed by atoms with E-state index < -0.39 is 5.91 Å². The van der Waals surface area contributed by atoms with Crippen LogP contribution in [0.2, 0.25) is 0 Å². The Morgan fingerprint density at radius 1 is 1.04 bits per heavy atom. The van der Waals surface area contributed by atoms with Gasteiger partial charge in [0.15, 0.2) is 0 Å². The zero-order valence-corrected chi connectivity index (χ0v) is 13.6. The zero-order valence-electron chi connectivity index (χ0n) is 13.6. The van der Waals surface area contributed by atoms with Gasteiger partial charge in [-0.25, -0.2) is 4.98 Å². The average Bonchev–Trinajstić information content (AvgIpc) is 2.62. The molecule has 0 saturated carbocycles. The number of nitrogens with one attached hydrogen (secondary N) is 1. The van der Waals surface area contributed by atoms with Gasteiger partial charge in [-0.05, 0) is 43.3 Å². The summed E-state index contributed by atoms with van der Waals surface area (Å²) in [5, 5.41) is 2.51. The maximum atomic E-state index is 11.1. The van der Waals surface area contributed by atoms with Crippen LogP contribution in [0.25, 0.3) is 0 Å². The minimum atomic E-state index is -0.637. The Balaban J connectivity index is 1.60. The molecule has 1 aromatic heterocycles. The van der Waals surface area contributed by atoms with E-state index in [0.717, 1.165) is 43.4 Å². The number of aryl methyl sites for hydroxylation is 1. The monoisotopic (exact) mass is 324 g/mol. The number of aldehydes is 1. The van der Waals surface area contributed by atoms with E-state index in [1.807, 2.05) is 49.4 Å². The van der Waals surface area contributed by atoms with Crippen molar-refractivity contribution in [2.24, 2.45) is 0 Å². The van der Waals surface area contributed by atoms with E-state index in [1.54, 1.807) is 0 Å². The quantitative estimate of drug-likeness (QED) is 0.687. The van der Waals surface area contributed by atoms with Crippen LogP contribution in [0.15, 0.2) is 42.5 Å². The van der Waals surface area contributed by atoms with Crippen LogP contribution in [0.5, 0.6) is 0 Å². The molecular weight excluding hydrogens is 304 g/mol. The maximum Gasteiger partial charge on any atom is 0.288 e. The number of benzene rings is 1. The van der Waals surface area contributed by atoms with Crippen LogP contribution in [0, 0.1) is 6.92 Å². The minimum Gasteiger partial charge on any atom is -0.368 e. The molecule has 0 spiro atoms. The highest BCUT2D eigenvalue weighted by molar-refractivity contribution is 6.29. The second kappa shape index (κ2) is 7.12. The number of carbonyl (C=O) groups excluding carboxylic acids is 2. The Labute approximate surface area is 141 Å². The number of rotatable bonds is 4. The first-order valence-electron chi connectivity index (χ1n) is 7.95. The van der Waals surface area contributed by atoms with E-state index in [9.17, 15) is 9.59 Å². The molecule has 2 heterocycles. The number of nitrogens with zero attached hydrogens (tertiary/aromatic N) is 3. The summed E-state index contributed by atoms with van der Waals surface area (Å²) in [7, 11) is 0. The zero-order chi connectivity index (χ0) is 16.9. The average molecular weight is 324 g/mol. The summed E-state index contributed by atoms with van der Waals surface area (Å²) in [5.41, 5.74) is 2.76. The third-order valence-electron chi connectivity index (χ3n) is 4.08.